The van der Waals surface area contributed by atoms with E-state index in [1.165, 1.54) is 58.4 Å². The molecule has 0 aromatic carbocycles. The van der Waals surface area contributed by atoms with E-state index in [-0.39, 0.29) is 0 Å². The summed E-state index contributed by atoms with van der Waals surface area (Å²) in [6.45, 7) is 20.3. The molecule has 3 heteroatoms. The average Bonchev–Trinajstić information content (AvgIpc) is 2.97. The molecule has 3 nitrogen and oxygen atoms in total. The smallest absolute Gasteiger partial charge is 0.0128 e. The molecule has 23 heavy (non-hydrogen) atoms. The molecule has 2 bridgehead atoms. The Balaban J connectivity index is 0.000000167. The summed E-state index contributed by atoms with van der Waals surface area (Å²) in [5.41, 5.74) is 0.769. The van der Waals surface area contributed by atoms with Gasteiger partial charge in [-0.3, -0.25) is 9.80 Å². The molecule has 136 valence electrons. The van der Waals surface area contributed by atoms with E-state index in [2.05, 4.69) is 63.3 Å². The standard InChI is InChI=1S/C10H22N2.C10H19N/c1-10(2,3)12-7-5-6-11(4)8-9-12;1-10(2,3)11-7-8-4-5-9(11)6-8/h5-9H2,1-4H3;8-9H,4-7H2,1-3H3. The maximum atomic E-state index is 2.70. The maximum Gasteiger partial charge on any atom is 0.0128 e. The van der Waals surface area contributed by atoms with Crippen molar-refractivity contribution in [3.05, 3.63) is 0 Å². The molecule has 2 heterocycles. The van der Waals surface area contributed by atoms with Crippen molar-refractivity contribution in [2.24, 2.45) is 5.92 Å². The predicted molar refractivity (Wildman–Crippen MR) is 101 cm³/mol. The highest BCUT2D eigenvalue weighted by Crippen LogP contribution is 2.40. The fourth-order valence-electron chi connectivity index (χ4n) is 4.46. The number of fused-ring (bicyclic) bond motifs is 2. The van der Waals surface area contributed by atoms with E-state index < -0.39 is 0 Å². The van der Waals surface area contributed by atoms with E-state index in [1.807, 2.05) is 0 Å². The fourth-order valence-corrected chi connectivity index (χ4v) is 4.46. The number of likely N-dealkylation sites (N-methyl/N-ethyl adjacent to an activating group) is 1. The second kappa shape index (κ2) is 7.41. The summed E-state index contributed by atoms with van der Waals surface area (Å²) in [5, 5.41) is 0. The minimum absolute atomic E-state index is 0.352. The molecule has 0 N–H and O–H groups in total. The van der Waals surface area contributed by atoms with Gasteiger partial charge in [0.05, 0.1) is 0 Å². The molecule has 3 aliphatic rings. The van der Waals surface area contributed by atoms with Gasteiger partial charge >= 0.3 is 0 Å². The van der Waals surface area contributed by atoms with Crippen LogP contribution in [0.25, 0.3) is 0 Å². The van der Waals surface area contributed by atoms with Gasteiger partial charge in [0, 0.05) is 36.8 Å². The minimum atomic E-state index is 0.352. The van der Waals surface area contributed by atoms with Crippen LogP contribution in [-0.2, 0) is 0 Å². The number of hydrogen-bond donors (Lipinski definition) is 0. The van der Waals surface area contributed by atoms with E-state index in [9.17, 15) is 0 Å². The predicted octanol–water partition coefficient (Wildman–Crippen LogP) is 3.69. The molecule has 0 spiro atoms. The lowest BCUT2D eigenvalue weighted by atomic mass is 10.0. The Kier molecular flexibility index (Phi) is 6.19. The van der Waals surface area contributed by atoms with Crippen LogP contribution in [0, 0.1) is 5.92 Å². The van der Waals surface area contributed by atoms with Crippen LogP contribution in [-0.4, -0.2) is 71.6 Å². The highest BCUT2D eigenvalue weighted by Gasteiger charge is 2.42. The van der Waals surface area contributed by atoms with Crippen LogP contribution in [0.3, 0.4) is 0 Å². The number of nitrogens with zero attached hydrogens (tertiary/aromatic N) is 3. The molecule has 2 saturated heterocycles. The molecule has 1 saturated carbocycles. The first-order valence-corrected chi connectivity index (χ1v) is 9.78. The molecule has 1 aliphatic carbocycles. The van der Waals surface area contributed by atoms with Crippen molar-refractivity contribution >= 4 is 0 Å². The number of hydrogen-bond acceptors (Lipinski definition) is 3. The maximum absolute atomic E-state index is 2.70. The molecule has 0 amide bonds. The zero-order chi connectivity index (χ0) is 17.3. The van der Waals surface area contributed by atoms with Crippen molar-refractivity contribution in [3.8, 4) is 0 Å². The highest BCUT2D eigenvalue weighted by atomic mass is 15.2. The minimum Gasteiger partial charge on any atom is -0.305 e. The van der Waals surface area contributed by atoms with Gasteiger partial charge < -0.3 is 4.90 Å². The monoisotopic (exact) mass is 323 g/mol. The first-order valence-electron chi connectivity index (χ1n) is 9.78. The zero-order valence-electron chi connectivity index (χ0n) is 16.9. The van der Waals surface area contributed by atoms with E-state index in [1.54, 1.807) is 0 Å². The van der Waals surface area contributed by atoms with Gasteiger partial charge in [-0.1, -0.05) is 0 Å². The van der Waals surface area contributed by atoms with Gasteiger partial charge in [0.2, 0.25) is 0 Å². The second-order valence-corrected chi connectivity index (χ2v) is 9.97. The molecular formula is C20H41N3. The Morgan fingerprint density at radius 3 is 1.91 bits per heavy atom. The first-order chi connectivity index (χ1) is 10.6. The van der Waals surface area contributed by atoms with Crippen molar-refractivity contribution in [1.82, 2.24) is 14.7 Å². The average molecular weight is 324 g/mol. The van der Waals surface area contributed by atoms with Gasteiger partial charge in [-0.05, 0) is 93.3 Å². The molecule has 0 aromatic rings. The van der Waals surface area contributed by atoms with E-state index in [4.69, 9.17) is 0 Å². The normalized spacial score (nSPS) is 30.9. The number of rotatable bonds is 0. The van der Waals surface area contributed by atoms with Crippen LogP contribution in [0.2, 0.25) is 0 Å². The molecule has 0 radical (unpaired) electrons. The van der Waals surface area contributed by atoms with Gasteiger partial charge in [0.1, 0.15) is 0 Å². The van der Waals surface area contributed by atoms with Crippen molar-refractivity contribution < 1.29 is 0 Å². The summed E-state index contributed by atoms with van der Waals surface area (Å²) >= 11 is 0. The van der Waals surface area contributed by atoms with E-state index in [0.29, 0.717) is 11.1 Å². The largest absolute Gasteiger partial charge is 0.305 e. The molecular weight excluding hydrogens is 282 g/mol. The topological polar surface area (TPSA) is 9.72 Å². The van der Waals surface area contributed by atoms with Crippen LogP contribution >= 0.6 is 0 Å². The lowest BCUT2D eigenvalue weighted by Crippen LogP contribution is -2.45. The Morgan fingerprint density at radius 2 is 1.48 bits per heavy atom. The van der Waals surface area contributed by atoms with Crippen molar-refractivity contribution in [1.29, 1.82) is 0 Å². The van der Waals surface area contributed by atoms with Crippen molar-refractivity contribution in [2.45, 2.75) is 84.3 Å². The molecule has 0 aromatic heterocycles. The Bertz CT molecular complexity index is 366. The highest BCUT2D eigenvalue weighted by molar-refractivity contribution is 4.96. The number of piperidine rings is 1. The summed E-state index contributed by atoms with van der Waals surface area (Å²) in [6.07, 6.45) is 5.75. The van der Waals surface area contributed by atoms with Gasteiger partial charge in [-0.15, -0.1) is 0 Å². The molecule has 3 fully saturated rings. The summed E-state index contributed by atoms with van der Waals surface area (Å²) < 4.78 is 0. The van der Waals surface area contributed by atoms with Crippen LogP contribution in [0.4, 0.5) is 0 Å². The quantitative estimate of drug-likeness (QED) is 0.673. The third kappa shape index (κ3) is 5.44. The van der Waals surface area contributed by atoms with Crippen molar-refractivity contribution in [3.63, 3.8) is 0 Å². The lowest BCUT2D eigenvalue weighted by Gasteiger charge is -2.38. The first kappa shape index (κ1) is 19.2. The van der Waals surface area contributed by atoms with E-state index >= 15 is 0 Å². The number of likely N-dealkylation sites (tertiary alicyclic amines) is 1. The Hall–Kier alpha value is -0.120. The Morgan fingerprint density at radius 1 is 0.783 bits per heavy atom. The van der Waals surface area contributed by atoms with Gasteiger partial charge in [0.25, 0.3) is 0 Å². The third-order valence-corrected chi connectivity index (χ3v) is 5.94. The van der Waals surface area contributed by atoms with Crippen molar-refractivity contribution in [2.75, 3.05) is 39.8 Å². The Labute approximate surface area is 145 Å². The second-order valence-electron chi connectivity index (χ2n) is 9.97. The summed E-state index contributed by atoms with van der Waals surface area (Å²) in [5.74, 6) is 1.04. The van der Waals surface area contributed by atoms with Crippen LogP contribution < -0.4 is 0 Å². The summed E-state index contributed by atoms with van der Waals surface area (Å²) in [7, 11) is 2.21. The molecule has 3 rings (SSSR count). The van der Waals surface area contributed by atoms with Gasteiger partial charge in [0.15, 0.2) is 0 Å². The lowest BCUT2D eigenvalue weighted by molar-refractivity contribution is 0.0974. The summed E-state index contributed by atoms with van der Waals surface area (Å²) in [6, 6.07) is 0.931. The molecule has 2 aliphatic heterocycles. The fraction of sp³-hybridized carbons (Fsp3) is 1.00. The van der Waals surface area contributed by atoms with Crippen LogP contribution in [0.15, 0.2) is 0 Å². The molecule has 2 unspecified atom stereocenters. The summed E-state index contributed by atoms with van der Waals surface area (Å²) in [4.78, 5) is 7.70. The SMILES string of the molecule is CC(C)(C)N1CC2CCC1C2.CN1CCCN(C(C)(C)C)CC1. The van der Waals surface area contributed by atoms with Gasteiger partial charge in [-0.2, -0.15) is 0 Å². The van der Waals surface area contributed by atoms with Crippen LogP contribution in [0.1, 0.15) is 67.2 Å². The van der Waals surface area contributed by atoms with Crippen LogP contribution in [0.5, 0.6) is 0 Å². The third-order valence-electron chi connectivity index (χ3n) is 5.94. The van der Waals surface area contributed by atoms with E-state index in [0.717, 1.165) is 12.0 Å². The zero-order valence-corrected chi connectivity index (χ0v) is 16.9. The molecule has 2 atom stereocenters. The van der Waals surface area contributed by atoms with Gasteiger partial charge in [-0.25, -0.2) is 0 Å².